The van der Waals surface area contributed by atoms with E-state index in [1.807, 2.05) is 24.3 Å². The van der Waals surface area contributed by atoms with E-state index in [2.05, 4.69) is 11.9 Å². The first-order valence-electron chi connectivity index (χ1n) is 9.94. The molecule has 0 fully saturated rings. The van der Waals surface area contributed by atoms with Crippen LogP contribution in [0.1, 0.15) is 17.5 Å². The average molecular weight is 450 g/mol. The SMILES string of the molecule is C=Cc1ccc(Cn2c(=O)n(CCC(=O)Nc3ccc(F)cc3)c(=O)c3sccc32)cc1. The maximum atomic E-state index is 13.2. The molecule has 1 N–H and O–H groups in total. The Morgan fingerprint density at radius 3 is 2.44 bits per heavy atom. The van der Waals surface area contributed by atoms with Gasteiger partial charge in [-0.2, -0.15) is 0 Å². The number of nitrogens with zero attached hydrogens (tertiary/aromatic N) is 2. The predicted octanol–water partition coefficient (Wildman–Crippen LogP) is 4.08. The lowest BCUT2D eigenvalue weighted by molar-refractivity contribution is -0.116. The van der Waals surface area contributed by atoms with E-state index in [0.29, 0.717) is 22.4 Å². The molecular formula is C24H20FN3O3S. The third-order valence-electron chi connectivity index (χ3n) is 5.08. The molecule has 0 aliphatic heterocycles. The Hall–Kier alpha value is -3.78. The highest BCUT2D eigenvalue weighted by Crippen LogP contribution is 2.17. The van der Waals surface area contributed by atoms with Gasteiger partial charge in [-0.05, 0) is 46.8 Å². The van der Waals surface area contributed by atoms with Crippen LogP contribution in [-0.2, 0) is 17.9 Å². The molecule has 0 unspecified atom stereocenters. The largest absolute Gasteiger partial charge is 0.331 e. The molecule has 2 aromatic carbocycles. The van der Waals surface area contributed by atoms with Crippen molar-refractivity contribution in [2.75, 3.05) is 5.32 Å². The van der Waals surface area contributed by atoms with Gasteiger partial charge in [-0.1, -0.05) is 36.9 Å². The normalized spacial score (nSPS) is 10.9. The second-order valence-corrected chi connectivity index (χ2v) is 8.13. The van der Waals surface area contributed by atoms with Gasteiger partial charge in [0, 0.05) is 18.7 Å². The number of aromatic nitrogens is 2. The van der Waals surface area contributed by atoms with Crippen LogP contribution in [0.15, 0.2) is 76.1 Å². The first kappa shape index (κ1) is 21.5. The molecule has 0 saturated heterocycles. The number of thiophene rings is 1. The monoisotopic (exact) mass is 449 g/mol. The van der Waals surface area contributed by atoms with Crippen LogP contribution < -0.4 is 16.6 Å². The smallest absolute Gasteiger partial charge is 0.326 e. The van der Waals surface area contributed by atoms with Crippen molar-refractivity contribution in [1.29, 1.82) is 0 Å². The molecule has 0 aliphatic rings. The fourth-order valence-corrected chi connectivity index (χ4v) is 4.24. The van der Waals surface area contributed by atoms with E-state index in [-0.39, 0.29) is 18.9 Å². The third-order valence-corrected chi connectivity index (χ3v) is 5.97. The molecule has 8 heteroatoms. The first-order valence-corrected chi connectivity index (χ1v) is 10.8. The van der Waals surface area contributed by atoms with E-state index in [1.54, 1.807) is 22.1 Å². The summed E-state index contributed by atoms with van der Waals surface area (Å²) in [4.78, 5) is 38.4. The molecule has 2 heterocycles. The highest BCUT2D eigenvalue weighted by molar-refractivity contribution is 7.17. The Balaban J connectivity index is 1.60. The second kappa shape index (κ2) is 9.15. The number of benzene rings is 2. The number of halogens is 1. The fraction of sp³-hybridized carbons (Fsp3) is 0.125. The van der Waals surface area contributed by atoms with Crippen LogP contribution in [0.25, 0.3) is 16.3 Å². The quantitative estimate of drug-likeness (QED) is 0.462. The Labute approximate surface area is 186 Å². The van der Waals surface area contributed by atoms with Gasteiger partial charge in [0.2, 0.25) is 5.91 Å². The van der Waals surface area contributed by atoms with Crippen LogP contribution in [0.4, 0.5) is 10.1 Å². The number of hydrogen-bond donors (Lipinski definition) is 1. The number of carbonyl (C=O) groups excluding carboxylic acids is 1. The Kier molecular flexibility index (Phi) is 6.13. The van der Waals surface area contributed by atoms with E-state index in [0.717, 1.165) is 15.7 Å². The molecule has 4 aromatic rings. The summed E-state index contributed by atoms with van der Waals surface area (Å²) in [5, 5.41) is 4.41. The number of carbonyl (C=O) groups is 1. The molecule has 2 aromatic heterocycles. The summed E-state index contributed by atoms with van der Waals surface area (Å²) in [5.74, 6) is -0.778. The minimum atomic E-state index is -0.469. The number of anilines is 1. The van der Waals surface area contributed by atoms with Crippen LogP contribution in [0.3, 0.4) is 0 Å². The molecule has 1 amide bonds. The summed E-state index contributed by atoms with van der Waals surface area (Å²) in [5.41, 5.74) is 2.02. The zero-order valence-electron chi connectivity index (χ0n) is 17.1. The standard InChI is InChI=1S/C24H20FN3O3S/c1-2-16-3-5-17(6-4-16)15-28-20-12-14-32-22(20)23(30)27(24(28)31)13-11-21(29)26-19-9-7-18(25)8-10-19/h2-10,12,14H,1,11,13,15H2,(H,26,29). The van der Waals surface area contributed by atoms with Crippen molar-refractivity contribution in [3.05, 3.63) is 104 Å². The summed E-state index contributed by atoms with van der Waals surface area (Å²) in [6.45, 7) is 3.97. The highest BCUT2D eigenvalue weighted by Gasteiger charge is 2.15. The number of nitrogens with one attached hydrogen (secondary N) is 1. The van der Waals surface area contributed by atoms with Crippen LogP contribution in [0, 0.1) is 5.82 Å². The van der Waals surface area contributed by atoms with E-state index in [1.165, 1.54) is 35.6 Å². The van der Waals surface area contributed by atoms with E-state index < -0.39 is 17.1 Å². The van der Waals surface area contributed by atoms with Crippen molar-refractivity contribution < 1.29 is 9.18 Å². The summed E-state index contributed by atoms with van der Waals surface area (Å²) in [6.07, 6.45) is 1.67. The van der Waals surface area contributed by atoms with Crippen molar-refractivity contribution in [2.24, 2.45) is 0 Å². The van der Waals surface area contributed by atoms with Crippen molar-refractivity contribution in [1.82, 2.24) is 9.13 Å². The van der Waals surface area contributed by atoms with Gasteiger partial charge in [0.25, 0.3) is 5.56 Å². The van der Waals surface area contributed by atoms with E-state index in [9.17, 15) is 18.8 Å². The van der Waals surface area contributed by atoms with Gasteiger partial charge in [-0.25, -0.2) is 9.18 Å². The van der Waals surface area contributed by atoms with Crippen molar-refractivity contribution in [3.63, 3.8) is 0 Å². The third kappa shape index (κ3) is 4.45. The highest BCUT2D eigenvalue weighted by atomic mass is 32.1. The molecule has 0 atom stereocenters. The second-order valence-electron chi connectivity index (χ2n) is 7.21. The lowest BCUT2D eigenvalue weighted by atomic mass is 10.1. The summed E-state index contributed by atoms with van der Waals surface area (Å²) >= 11 is 1.26. The maximum Gasteiger partial charge on any atom is 0.331 e. The van der Waals surface area contributed by atoms with Crippen molar-refractivity contribution >= 4 is 39.2 Å². The van der Waals surface area contributed by atoms with Crippen LogP contribution in [0.5, 0.6) is 0 Å². The van der Waals surface area contributed by atoms with Gasteiger partial charge in [0.15, 0.2) is 0 Å². The van der Waals surface area contributed by atoms with Gasteiger partial charge < -0.3 is 5.32 Å². The molecular weight excluding hydrogens is 429 g/mol. The predicted molar refractivity (Wildman–Crippen MR) is 126 cm³/mol. The van der Waals surface area contributed by atoms with E-state index >= 15 is 0 Å². The number of fused-ring (bicyclic) bond motifs is 1. The number of rotatable bonds is 7. The molecule has 162 valence electrons. The summed E-state index contributed by atoms with van der Waals surface area (Å²) in [6, 6.07) is 14.8. The van der Waals surface area contributed by atoms with Crippen LogP contribution in [-0.4, -0.2) is 15.0 Å². The molecule has 0 bridgehead atoms. The molecule has 6 nitrogen and oxygen atoms in total. The van der Waals surface area contributed by atoms with Gasteiger partial charge >= 0.3 is 5.69 Å². The molecule has 32 heavy (non-hydrogen) atoms. The van der Waals surface area contributed by atoms with E-state index in [4.69, 9.17) is 0 Å². The van der Waals surface area contributed by atoms with Gasteiger partial charge in [0.05, 0.1) is 12.1 Å². The zero-order chi connectivity index (χ0) is 22.7. The van der Waals surface area contributed by atoms with Crippen LogP contribution in [0.2, 0.25) is 0 Å². The Morgan fingerprint density at radius 2 is 1.75 bits per heavy atom. The average Bonchev–Trinajstić information content (AvgIpc) is 3.29. The first-order chi connectivity index (χ1) is 15.5. The maximum absolute atomic E-state index is 13.2. The van der Waals surface area contributed by atoms with Gasteiger partial charge in [0.1, 0.15) is 10.5 Å². The molecule has 0 saturated carbocycles. The Bertz CT molecular complexity index is 1400. The minimum Gasteiger partial charge on any atom is -0.326 e. The van der Waals surface area contributed by atoms with Crippen molar-refractivity contribution in [2.45, 2.75) is 19.5 Å². The van der Waals surface area contributed by atoms with Gasteiger partial charge in [-0.3, -0.25) is 18.7 Å². The fourth-order valence-electron chi connectivity index (χ4n) is 3.40. The van der Waals surface area contributed by atoms with Crippen LogP contribution >= 0.6 is 11.3 Å². The minimum absolute atomic E-state index is 0.0616. The zero-order valence-corrected chi connectivity index (χ0v) is 17.9. The Morgan fingerprint density at radius 1 is 1.03 bits per heavy atom. The molecule has 0 spiro atoms. The molecule has 4 rings (SSSR count). The molecule has 0 aliphatic carbocycles. The van der Waals surface area contributed by atoms with Crippen molar-refractivity contribution in [3.8, 4) is 0 Å². The summed E-state index contributed by atoms with van der Waals surface area (Å²) in [7, 11) is 0. The number of amides is 1. The van der Waals surface area contributed by atoms with Gasteiger partial charge in [-0.15, -0.1) is 11.3 Å². The molecule has 0 radical (unpaired) electrons. The summed E-state index contributed by atoms with van der Waals surface area (Å²) < 4.78 is 16.1. The number of hydrogen-bond acceptors (Lipinski definition) is 4. The lowest BCUT2D eigenvalue weighted by Crippen LogP contribution is -2.40. The lowest BCUT2D eigenvalue weighted by Gasteiger charge is -2.13. The topological polar surface area (TPSA) is 73.1 Å².